The fourth-order valence-corrected chi connectivity index (χ4v) is 3.41. The molecule has 0 radical (unpaired) electrons. The highest BCUT2D eigenvalue weighted by Crippen LogP contribution is 2.41. The minimum Gasteiger partial charge on any atom is -0.444 e. The number of oxazole rings is 1. The Balaban J connectivity index is 2.13. The Labute approximate surface area is 108 Å². The maximum atomic E-state index is 11.3. The van der Waals surface area contributed by atoms with Gasteiger partial charge >= 0.3 is 0 Å². The molecule has 3 rings (SSSR count). The lowest BCUT2D eigenvalue weighted by molar-refractivity contribution is -0.114. The highest BCUT2D eigenvalue weighted by molar-refractivity contribution is 7.17. The molecule has 3 heterocycles. The van der Waals surface area contributed by atoms with Gasteiger partial charge in [-0.05, 0) is 18.5 Å². The van der Waals surface area contributed by atoms with Crippen molar-refractivity contribution in [3.63, 3.8) is 0 Å². The van der Waals surface area contributed by atoms with E-state index in [2.05, 4.69) is 15.6 Å². The monoisotopic (exact) mass is 263 g/mol. The maximum absolute atomic E-state index is 11.3. The molecular formula is C12H13N3O2S. The summed E-state index contributed by atoms with van der Waals surface area (Å²) in [6.45, 7) is 3.29. The summed E-state index contributed by atoms with van der Waals surface area (Å²) in [6.07, 6.45) is 4.11. The van der Waals surface area contributed by atoms with Gasteiger partial charge in [0.25, 0.3) is 0 Å². The fourth-order valence-electron chi connectivity index (χ4n) is 2.16. The lowest BCUT2D eigenvalue weighted by Gasteiger charge is -2.12. The van der Waals surface area contributed by atoms with E-state index < -0.39 is 0 Å². The number of nitrogens with zero attached hydrogens (tertiary/aromatic N) is 1. The van der Waals surface area contributed by atoms with Crippen molar-refractivity contribution < 1.29 is 9.21 Å². The number of carbonyl (C=O) groups is 1. The first kappa shape index (κ1) is 11.4. The first-order valence-electron chi connectivity index (χ1n) is 5.78. The van der Waals surface area contributed by atoms with Crippen LogP contribution in [0.4, 0.5) is 5.00 Å². The van der Waals surface area contributed by atoms with E-state index in [4.69, 9.17) is 4.42 Å². The van der Waals surface area contributed by atoms with Crippen molar-refractivity contribution in [1.82, 2.24) is 10.3 Å². The van der Waals surface area contributed by atoms with Crippen LogP contribution >= 0.6 is 11.3 Å². The molecule has 2 N–H and O–H groups in total. The van der Waals surface area contributed by atoms with Gasteiger partial charge in [0, 0.05) is 18.3 Å². The molecule has 6 heteroatoms. The molecule has 94 valence electrons. The summed E-state index contributed by atoms with van der Waals surface area (Å²) in [5.74, 6) is 0.507. The maximum Gasteiger partial charge on any atom is 0.229 e. The standard InChI is InChI=1S/C12H13N3O2S/c1-7(16)15-12-10(11-14-4-5-17-11)8-2-3-13-6-9(8)18-12/h4-5,13H,2-3,6H2,1H3,(H,15,16). The van der Waals surface area contributed by atoms with Crippen molar-refractivity contribution in [2.24, 2.45) is 0 Å². The van der Waals surface area contributed by atoms with Crippen molar-refractivity contribution in [2.75, 3.05) is 11.9 Å². The number of rotatable bonds is 2. The highest BCUT2D eigenvalue weighted by Gasteiger charge is 2.24. The Morgan fingerprint density at radius 3 is 3.22 bits per heavy atom. The summed E-state index contributed by atoms with van der Waals surface area (Å²) in [7, 11) is 0. The third kappa shape index (κ3) is 1.93. The fraction of sp³-hybridized carbons (Fsp3) is 0.333. The largest absolute Gasteiger partial charge is 0.444 e. The number of anilines is 1. The molecule has 2 aromatic heterocycles. The van der Waals surface area contributed by atoms with Crippen LogP contribution in [0.15, 0.2) is 16.9 Å². The molecule has 2 aromatic rings. The van der Waals surface area contributed by atoms with Crippen molar-refractivity contribution in [3.8, 4) is 11.5 Å². The zero-order valence-corrected chi connectivity index (χ0v) is 10.8. The second-order valence-electron chi connectivity index (χ2n) is 4.15. The van der Waals surface area contributed by atoms with Crippen LogP contribution in [-0.2, 0) is 17.8 Å². The normalized spacial score (nSPS) is 14.3. The van der Waals surface area contributed by atoms with Crippen LogP contribution in [0.3, 0.4) is 0 Å². The van der Waals surface area contributed by atoms with Crippen molar-refractivity contribution >= 4 is 22.2 Å². The number of carbonyl (C=O) groups excluding carboxylic acids is 1. The zero-order chi connectivity index (χ0) is 12.5. The van der Waals surface area contributed by atoms with Gasteiger partial charge in [-0.3, -0.25) is 4.79 Å². The third-order valence-electron chi connectivity index (χ3n) is 2.86. The second-order valence-corrected chi connectivity index (χ2v) is 5.26. The quantitative estimate of drug-likeness (QED) is 0.869. The Kier molecular flexibility index (Phi) is 2.89. The van der Waals surface area contributed by atoms with E-state index in [0.29, 0.717) is 5.89 Å². The number of thiophene rings is 1. The molecule has 0 saturated heterocycles. The molecule has 5 nitrogen and oxygen atoms in total. The smallest absolute Gasteiger partial charge is 0.229 e. The first-order chi connectivity index (χ1) is 8.75. The predicted molar refractivity (Wildman–Crippen MR) is 69.5 cm³/mol. The van der Waals surface area contributed by atoms with Crippen molar-refractivity contribution in [2.45, 2.75) is 19.9 Å². The number of hydrogen-bond acceptors (Lipinski definition) is 5. The summed E-state index contributed by atoms with van der Waals surface area (Å²) in [5, 5.41) is 7.03. The van der Waals surface area contributed by atoms with E-state index >= 15 is 0 Å². The zero-order valence-electron chi connectivity index (χ0n) is 9.95. The predicted octanol–water partition coefficient (Wildman–Crippen LogP) is 2.01. The van der Waals surface area contributed by atoms with E-state index in [1.165, 1.54) is 17.4 Å². The van der Waals surface area contributed by atoms with E-state index in [0.717, 1.165) is 30.1 Å². The molecular weight excluding hydrogens is 250 g/mol. The van der Waals surface area contributed by atoms with E-state index in [-0.39, 0.29) is 5.91 Å². The van der Waals surface area contributed by atoms with E-state index in [1.54, 1.807) is 23.8 Å². The summed E-state index contributed by atoms with van der Waals surface area (Å²) in [4.78, 5) is 16.7. The van der Waals surface area contributed by atoms with Crippen LogP contribution in [0.5, 0.6) is 0 Å². The minimum atomic E-state index is -0.0747. The topological polar surface area (TPSA) is 67.2 Å². The van der Waals surface area contributed by atoms with Gasteiger partial charge in [-0.15, -0.1) is 11.3 Å². The number of hydrogen-bond donors (Lipinski definition) is 2. The number of aromatic nitrogens is 1. The molecule has 0 bridgehead atoms. The Bertz CT molecular complexity index is 574. The molecule has 0 atom stereocenters. The van der Waals surface area contributed by atoms with Crippen LogP contribution in [0.1, 0.15) is 17.4 Å². The summed E-state index contributed by atoms with van der Waals surface area (Å²) in [5.41, 5.74) is 2.18. The summed E-state index contributed by atoms with van der Waals surface area (Å²) >= 11 is 1.59. The average Bonchev–Trinajstić information content (AvgIpc) is 2.93. The van der Waals surface area contributed by atoms with Gasteiger partial charge in [0.15, 0.2) is 0 Å². The molecule has 0 unspecified atom stereocenters. The number of fused-ring (bicyclic) bond motifs is 1. The summed E-state index contributed by atoms with van der Waals surface area (Å²) < 4.78 is 5.39. The number of amides is 1. The van der Waals surface area contributed by atoms with Gasteiger partial charge in [-0.25, -0.2) is 4.98 Å². The lowest BCUT2D eigenvalue weighted by atomic mass is 10.0. The minimum absolute atomic E-state index is 0.0747. The first-order valence-corrected chi connectivity index (χ1v) is 6.60. The van der Waals surface area contributed by atoms with Gasteiger partial charge in [0.05, 0.1) is 11.8 Å². The molecule has 1 aliphatic heterocycles. The van der Waals surface area contributed by atoms with E-state index in [9.17, 15) is 4.79 Å². The SMILES string of the molecule is CC(=O)Nc1sc2c(c1-c1ncco1)CCNC2. The molecule has 0 spiro atoms. The van der Waals surface area contributed by atoms with Gasteiger partial charge in [-0.1, -0.05) is 0 Å². The van der Waals surface area contributed by atoms with Crippen LogP contribution < -0.4 is 10.6 Å². The molecule has 0 fully saturated rings. The highest BCUT2D eigenvalue weighted by atomic mass is 32.1. The van der Waals surface area contributed by atoms with E-state index in [1.807, 2.05) is 0 Å². The van der Waals surface area contributed by atoms with Gasteiger partial charge < -0.3 is 15.1 Å². The van der Waals surface area contributed by atoms with Gasteiger partial charge in [-0.2, -0.15) is 0 Å². The molecule has 0 aliphatic carbocycles. The van der Waals surface area contributed by atoms with Gasteiger partial charge in [0.1, 0.15) is 11.3 Å². The lowest BCUT2D eigenvalue weighted by Crippen LogP contribution is -2.22. The van der Waals surface area contributed by atoms with Crippen LogP contribution in [0.25, 0.3) is 11.5 Å². The van der Waals surface area contributed by atoms with Gasteiger partial charge in [0.2, 0.25) is 11.8 Å². The van der Waals surface area contributed by atoms with Crippen LogP contribution in [-0.4, -0.2) is 17.4 Å². The molecule has 0 saturated carbocycles. The summed E-state index contributed by atoms with van der Waals surface area (Å²) in [6, 6.07) is 0. The third-order valence-corrected chi connectivity index (χ3v) is 4.01. The second kappa shape index (κ2) is 4.55. The van der Waals surface area contributed by atoms with Crippen molar-refractivity contribution in [1.29, 1.82) is 0 Å². The molecule has 1 amide bonds. The Hall–Kier alpha value is -1.66. The van der Waals surface area contributed by atoms with Crippen molar-refractivity contribution in [3.05, 3.63) is 22.9 Å². The number of nitrogens with one attached hydrogen (secondary N) is 2. The average molecular weight is 263 g/mol. The Morgan fingerprint density at radius 1 is 1.61 bits per heavy atom. The molecule has 1 aliphatic rings. The Morgan fingerprint density at radius 2 is 2.50 bits per heavy atom. The van der Waals surface area contributed by atoms with Crippen LogP contribution in [0, 0.1) is 0 Å². The molecule has 18 heavy (non-hydrogen) atoms. The molecule has 0 aromatic carbocycles. The van der Waals surface area contributed by atoms with Crippen LogP contribution in [0.2, 0.25) is 0 Å².